The van der Waals surface area contributed by atoms with Crippen molar-refractivity contribution in [1.29, 1.82) is 0 Å². The molecular weight excluding hydrogens is 383 g/mol. The molecule has 0 spiro atoms. The lowest BCUT2D eigenvalue weighted by molar-refractivity contribution is -0.0213. The minimum Gasteiger partial charge on any atom is -0.385 e. The van der Waals surface area contributed by atoms with Gasteiger partial charge in [-0.15, -0.1) is 0 Å². The number of aliphatic hydroxyl groups is 1. The molecule has 0 aliphatic carbocycles. The number of rotatable bonds is 2. The van der Waals surface area contributed by atoms with Gasteiger partial charge >= 0.3 is 0 Å². The molecular formula is C21H20Cl2N2O2. The second kappa shape index (κ2) is 6.86. The van der Waals surface area contributed by atoms with Crippen LogP contribution in [0, 0.1) is 0 Å². The van der Waals surface area contributed by atoms with Gasteiger partial charge in [0, 0.05) is 41.1 Å². The molecule has 0 atom stereocenters. The highest BCUT2D eigenvalue weighted by atomic mass is 35.5. The first kappa shape index (κ1) is 18.4. The summed E-state index contributed by atoms with van der Waals surface area (Å²) in [5.74, 6) is -0.0250. The summed E-state index contributed by atoms with van der Waals surface area (Å²) in [7, 11) is 1.87. The van der Waals surface area contributed by atoms with E-state index in [1.54, 1.807) is 17.0 Å². The molecule has 0 saturated carbocycles. The van der Waals surface area contributed by atoms with E-state index in [1.165, 1.54) is 0 Å². The fraction of sp³-hybridized carbons (Fsp3) is 0.286. The topological polar surface area (TPSA) is 45.5 Å². The molecule has 27 heavy (non-hydrogen) atoms. The van der Waals surface area contributed by atoms with Crippen LogP contribution in [0.3, 0.4) is 0 Å². The molecule has 0 radical (unpaired) electrons. The molecule has 6 heteroatoms. The van der Waals surface area contributed by atoms with Crippen molar-refractivity contribution >= 4 is 40.0 Å². The first-order valence-electron chi connectivity index (χ1n) is 8.90. The van der Waals surface area contributed by atoms with Crippen LogP contribution in [0.1, 0.15) is 28.9 Å². The number of hydrogen-bond acceptors (Lipinski definition) is 2. The molecule has 140 valence electrons. The molecule has 1 aromatic heterocycles. The Hall–Kier alpha value is -2.01. The van der Waals surface area contributed by atoms with Gasteiger partial charge in [-0.3, -0.25) is 4.79 Å². The number of halogens is 2. The van der Waals surface area contributed by atoms with Crippen LogP contribution in [0.15, 0.2) is 48.5 Å². The molecule has 1 N–H and O–H groups in total. The Bertz CT molecular complexity index is 1000. The van der Waals surface area contributed by atoms with Gasteiger partial charge in [0.25, 0.3) is 5.91 Å². The Balaban J connectivity index is 1.53. The lowest BCUT2D eigenvalue weighted by Crippen LogP contribution is -2.45. The Labute approximate surface area is 167 Å². The average molecular weight is 403 g/mol. The van der Waals surface area contributed by atoms with Crippen LogP contribution >= 0.6 is 23.2 Å². The van der Waals surface area contributed by atoms with Crippen LogP contribution in [-0.4, -0.2) is 33.6 Å². The lowest BCUT2D eigenvalue weighted by Gasteiger charge is -2.38. The van der Waals surface area contributed by atoms with Crippen molar-refractivity contribution in [3.63, 3.8) is 0 Å². The summed E-state index contributed by atoms with van der Waals surface area (Å²) >= 11 is 12.0. The third-order valence-corrected chi connectivity index (χ3v) is 5.97. The van der Waals surface area contributed by atoms with E-state index in [4.69, 9.17) is 23.2 Å². The predicted octanol–water partition coefficient (Wildman–Crippen LogP) is 4.61. The number of hydrogen-bond donors (Lipinski definition) is 1. The fourth-order valence-corrected chi connectivity index (χ4v) is 4.09. The number of aromatic nitrogens is 1. The fourth-order valence-electron chi connectivity index (χ4n) is 3.80. The van der Waals surface area contributed by atoms with Crippen molar-refractivity contribution in [2.75, 3.05) is 13.1 Å². The van der Waals surface area contributed by atoms with Gasteiger partial charge in [-0.2, -0.15) is 0 Å². The Kier molecular flexibility index (Phi) is 4.66. The third-order valence-electron chi connectivity index (χ3n) is 5.49. The number of fused-ring (bicyclic) bond motifs is 1. The van der Waals surface area contributed by atoms with Crippen molar-refractivity contribution in [3.05, 3.63) is 69.8 Å². The van der Waals surface area contributed by atoms with Gasteiger partial charge in [-0.1, -0.05) is 41.4 Å². The van der Waals surface area contributed by atoms with Crippen LogP contribution in [0.4, 0.5) is 0 Å². The largest absolute Gasteiger partial charge is 0.385 e. The van der Waals surface area contributed by atoms with Gasteiger partial charge in [0.05, 0.1) is 5.60 Å². The van der Waals surface area contributed by atoms with Crippen molar-refractivity contribution in [3.8, 4) is 0 Å². The zero-order valence-electron chi connectivity index (χ0n) is 15.0. The summed E-state index contributed by atoms with van der Waals surface area (Å²) in [6.45, 7) is 1.00. The highest BCUT2D eigenvalue weighted by molar-refractivity contribution is 6.31. The first-order chi connectivity index (χ1) is 12.9. The second-order valence-electron chi connectivity index (χ2n) is 7.12. The number of aryl methyl sites for hydroxylation is 1. The molecule has 2 heterocycles. The van der Waals surface area contributed by atoms with E-state index in [2.05, 4.69) is 0 Å². The molecule has 4 rings (SSSR count). The van der Waals surface area contributed by atoms with Gasteiger partial charge in [-0.25, -0.2) is 0 Å². The zero-order chi connectivity index (χ0) is 19.2. The number of carbonyl (C=O) groups is 1. The smallest absolute Gasteiger partial charge is 0.270 e. The van der Waals surface area contributed by atoms with E-state index in [9.17, 15) is 9.90 Å². The van der Waals surface area contributed by atoms with Gasteiger partial charge in [0.15, 0.2) is 0 Å². The maximum absolute atomic E-state index is 13.0. The summed E-state index contributed by atoms with van der Waals surface area (Å²) in [5.41, 5.74) is 1.48. The summed E-state index contributed by atoms with van der Waals surface area (Å²) in [4.78, 5) is 14.8. The molecule has 3 aromatic rings. The van der Waals surface area contributed by atoms with E-state index in [0.717, 1.165) is 16.5 Å². The quantitative estimate of drug-likeness (QED) is 0.679. The van der Waals surface area contributed by atoms with Gasteiger partial charge < -0.3 is 14.6 Å². The predicted molar refractivity (Wildman–Crippen MR) is 108 cm³/mol. The Morgan fingerprint density at radius 3 is 2.30 bits per heavy atom. The zero-order valence-corrected chi connectivity index (χ0v) is 16.5. The van der Waals surface area contributed by atoms with Crippen molar-refractivity contribution in [2.45, 2.75) is 18.4 Å². The summed E-state index contributed by atoms with van der Waals surface area (Å²) in [6.07, 6.45) is 0.992. The standard InChI is InChI=1S/C21H20Cl2N2O2/c1-24-18-13-17(23)5-2-14(18)12-19(24)20(26)25-10-8-21(27,9-11-25)15-3-6-16(22)7-4-15/h2-7,12-13,27H,8-11H2,1H3. The highest BCUT2D eigenvalue weighted by Crippen LogP contribution is 2.34. The van der Waals surface area contributed by atoms with E-state index in [-0.39, 0.29) is 5.91 Å². The van der Waals surface area contributed by atoms with Crippen LogP contribution in [0.5, 0.6) is 0 Å². The number of piperidine rings is 1. The van der Waals surface area contributed by atoms with Crippen LogP contribution in [0.2, 0.25) is 10.0 Å². The molecule has 2 aromatic carbocycles. The number of nitrogens with zero attached hydrogens (tertiary/aromatic N) is 2. The van der Waals surface area contributed by atoms with Gasteiger partial charge in [0.1, 0.15) is 5.69 Å². The van der Waals surface area contributed by atoms with Crippen LogP contribution in [0.25, 0.3) is 10.9 Å². The molecule has 1 amide bonds. The Morgan fingerprint density at radius 2 is 1.63 bits per heavy atom. The van der Waals surface area contributed by atoms with E-state index >= 15 is 0 Å². The monoisotopic (exact) mass is 402 g/mol. The summed E-state index contributed by atoms with van der Waals surface area (Å²) < 4.78 is 1.88. The van der Waals surface area contributed by atoms with E-state index in [1.807, 2.05) is 48.0 Å². The second-order valence-corrected chi connectivity index (χ2v) is 8.00. The van der Waals surface area contributed by atoms with Crippen molar-refractivity contribution in [1.82, 2.24) is 9.47 Å². The minimum atomic E-state index is -0.923. The molecule has 1 fully saturated rings. The number of amides is 1. The maximum Gasteiger partial charge on any atom is 0.270 e. The normalized spacial score (nSPS) is 16.7. The Morgan fingerprint density at radius 1 is 1.00 bits per heavy atom. The molecule has 4 nitrogen and oxygen atoms in total. The maximum atomic E-state index is 13.0. The van der Waals surface area contributed by atoms with Crippen LogP contribution in [-0.2, 0) is 12.6 Å². The van der Waals surface area contributed by atoms with E-state index < -0.39 is 5.60 Å². The van der Waals surface area contributed by atoms with Crippen molar-refractivity contribution < 1.29 is 9.90 Å². The first-order valence-corrected chi connectivity index (χ1v) is 9.66. The molecule has 1 aliphatic rings. The summed E-state index contributed by atoms with van der Waals surface area (Å²) in [6, 6.07) is 14.8. The average Bonchev–Trinajstić information content (AvgIpc) is 2.98. The number of carbonyl (C=O) groups excluding carboxylic acids is 1. The molecule has 0 bridgehead atoms. The molecule has 0 unspecified atom stereocenters. The molecule has 1 saturated heterocycles. The van der Waals surface area contributed by atoms with Crippen LogP contribution < -0.4 is 0 Å². The minimum absolute atomic E-state index is 0.0250. The van der Waals surface area contributed by atoms with Crippen molar-refractivity contribution in [2.24, 2.45) is 7.05 Å². The van der Waals surface area contributed by atoms with Gasteiger partial charge in [-0.05, 0) is 48.7 Å². The third kappa shape index (κ3) is 3.33. The van der Waals surface area contributed by atoms with E-state index in [0.29, 0.717) is 41.7 Å². The molecule has 1 aliphatic heterocycles. The lowest BCUT2D eigenvalue weighted by atomic mass is 9.84. The van der Waals surface area contributed by atoms with Gasteiger partial charge in [0.2, 0.25) is 0 Å². The number of benzene rings is 2. The summed E-state index contributed by atoms with van der Waals surface area (Å²) in [5, 5.41) is 13.3. The SMILES string of the molecule is Cn1c(C(=O)N2CCC(O)(c3ccc(Cl)cc3)CC2)cc2ccc(Cl)cc21. The number of likely N-dealkylation sites (tertiary alicyclic amines) is 1. The highest BCUT2D eigenvalue weighted by Gasteiger charge is 2.36.